The summed E-state index contributed by atoms with van der Waals surface area (Å²) in [7, 11) is 1.69. The SMILES string of the molecule is COCCc1nc2n(n1)C(c1ccncc1)CCC2CN. The fraction of sp³-hybridized carbons (Fsp3) is 0.533. The number of hydrogen-bond donors (Lipinski definition) is 1. The van der Waals surface area contributed by atoms with E-state index in [0.717, 1.165) is 30.9 Å². The summed E-state index contributed by atoms with van der Waals surface area (Å²) in [6, 6.07) is 4.33. The van der Waals surface area contributed by atoms with Crippen molar-refractivity contribution in [1.29, 1.82) is 0 Å². The van der Waals surface area contributed by atoms with Crippen LogP contribution in [0.5, 0.6) is 0 Å². The van der Waals surface area contributed by atoms with Crippen molar-refractivity contribution in [2.45, 2.75) is 31.2 Å². The van der Waals surface area contributed by atoms with Crippen LogP contribution in [0.3, 0.4) is 0 Å². The summed E-state index contributed by atoms with van der Waals surface area (Å²) in [6.07, 6.45) is 6.47. The molecule has 1 aliphatic rings. The Morgan fingerprint density at radius 2 is 2.14 bits per heavy atom. The van der Waals surface area contributed by atoms with E-state index in [9.17, 15) is 0 Å². The molecular formula is C15H21N5O. The molecule has 2 aromatic rings. The van der Waals surface area contributed by atoms with Crippen molar-refractivity contribution in [3.05, 3.63) is 41.7 Å². The van der Waals surface area contributed by atoms with E-state index in [1.165, 1.54) is 5.56 Å². The predicted molar refractivity (Wildman–Crippen MR) is 79.0 cm³/mol. The maximum absolute atomic E-state index is 5.90. The third kappa shape index (κ3) is 2.82. The monoisotopic (exact) mass is 287 g/mol. The number of nitrogens with zero attached hydrogens (tertiary/aromatic N) is 4. The number of fused-ring (bicyclic) bond motifs is 1. The van der Waals surface area contributed by atoms with Crippen LogP contribution < -0.4 is 5.73 Å². The van der Waals surface area contributed by atoms with Crippen molar-refractivity contribution in [2.75, 3.05) is 20.3 Å². The molecule has 3 rings (SSSR count). The number of pyridine rings is 1. The van der Waals surface area contributed by atoms with E-state index < -0.39 is 0 Å². The zero-order valence-electron chi connectivity index (χ0n) is 12.3. The Kier molecular flexibility index (Phi) is 4.26. The van der Waals surface area contributed by atoms with Crippen molar-refractivity contribution >= 4 is 0 Å². The van der Waals surface area contributed by atoms with Crippen molar-refractivity contribution in [1.82, 2.24) is 19.7 Å². The zero-order valence-corrected chi connectivity index (χ0v) is 12.3. The largest absolute Gasteiger partial charge is 0.384 e. The topological polar surface area (TPSA) is 78.8 Å². The van der Waals surface area contributed by atoms with E-state index in [1.807, 2.05) is 24.5 Å². The maximum atomic E-state index is 5.90. The Balaban J connectivity index is 1.95. The molecule has 0 spiro atoms. The highest BCUT2D eigenvalue weighted by molar-refractivity contribution is 5.20. The molecule has 6 heteroatoms. The number of aromatic nitrogens is 4. The number of nitrogens with two attached hydrogens (primary N) is 1. The number of ether oxygens (including phenoxy) is 1. The Morgan fingerprint density at radius 3 is 2.86 bits per heavy atom. The Morgan fingerprint density at radius 1 is 1.33 bits per heavy atom. The molecule has 2 aromatic heterocycles. The second-order valence-electron chi connectivity index (χ2n) is 5.38. The first-order valence-corrected chi connectivity index (χ1v) is 7.37. The van der Waals surface area contributed by atoms with Crippen LogP contribution in [0.25, 0.3) is 0 Å². The molecule has 0 amide bonds. The van der Waals surface area contributed by atoms with Crippen molar-refractivity contribution < 1.29 is 4.74 Å². The smallest absolute Gasteiger partial charge is 0.153 e. The van der Waals surface area contributed by atoms with Gasteiger partial charge in [-0.05, 0) is 30.5 Å². The standard InChI is InChI=1S/C15H21N5O/c1-21-9-6-14-18-15-12(10-16)2-3-13(20(15)19-14)11-4-7-17-8-5-11/h4-5,7-8,12-13H,2-3,6,9-10,16H2,1H3. The van der Waals surface area contributed by atoms with Gasteiger partial charge in [-0.2, -0.15) is 5.10 Å². The van der Waals surface area contributed by atoms with E-state index >= 15 is 0 Å². The van der Waals surface area contributed by atoms with Gasteiger partial charge in [0.15, 0.2) is 5.82 Å². The molecular weight excluding hydrogens is 266 g/mol. The minimum atomic E-state index is 0.231. The summed E-state index contributed by atoms with van der Waals surface area (Å²) in [4.78, 5) is 8.78. The van der Waals surface area contributed by atoms with Crippen LogP contribution >= 0.6 is 0 Å². The van der Waals surface area contributed by atoms with Crippen LogP contribution in [-0.2, 0) is 11.2 Å². The summed E-state index contributed by atoms with van der Waals surface area (Å²) in [5.41, 5.74) is 7.12. The molecule has 2 N–H and O–H groups in total. The Bertz CT molecular complexity index is 583. The van der Waals surface area contributed by atoms with Gasteiger partial charge in [-0.25, -0.2) is 9.67 Å². The molecule has 112 valence electrons. The highest BCUT2D eigenvalue weighted by Crippen LogP contribution is 2.35. The first-order valence-electron chi connectivity index (χ1n) is 7.37. The average Bonchev–Trinajstić information content (AvgIpc) is 2.96. The van der Waals surface area contributed by atoms with Crippen molar-refractivity contribution in [3.8, 4) is 0 Å². The van der Waals surface area contributed by atoms with Gasteiger partial charge in [0.2, 0.25) is 0 Å². The molecule has 1 aliphatic heterocycles. The minimum Gasteiger partial charge on any atom is -0.384 e. The van der Waals surface area contributed by atoms with Crippen LogP contribution in [-0.4, -0.2) is 40.0 Å². The molecule has 21 heavy (non-hydrogen) atoms. The van der Waals surface area contributed by atoms with E-state index in [4.69, 9.17) is 20.6 Å². The highest BCUT2D eigenvalue weighted by atomic mass is 16.5. The lowest BCUT2D eigenvalue weighted by Crippen LogP contribution is -2.27. The third-order valence-electron chi connectivity index (χ3n) is 4.06. The summed E-state index contributed by atoms with van der Waals surface area (Å²) >= 11 is 0. The van der Waals surface area contributed by atoms with Crippen LogP contribution in [0.2, 0.25) is 0 Å². The quantitative estimate of drug-likeness (QED) is 0.896. The van der Waals surface area contributed by atoms with Crippen molar-refractivity contribution in [3.63, 3.8) is 0 Å². The van der Waals surface area contributed by atoms with Crippen LogP contribution in [0.4, 0.5) is 0 Å². The van der Waals surface area contributed by atoms with Gasteiger partial charge in [-0.3, -0.25) is 4.98 Å². The lowest BCUT2D eigenvalue weighted by molar-refractivity contribution is 0.200. The third-order valence-corrected chi connectivity index (χ3v) is 4.06. The molecule has 0 fully saturated rings. The van der Waals surface area contributed by atoms with Gasteiger partial charge in [0.05, 0.1) is 12.6 Å². The fourth-order valence-electron chi connectivity index (χ4n) is 2.92. The lowest BCUT2D eigenvalue weighted by Gasteiger charge is -2.28. The van der Waals surface area contributed by atoms with Gasteiger partial charge < -0.3 is 10.5 Å². The summed E-state index contributed by atoms with van der Waals surface area (Å²) in [6.45, 7) is 1.25. The lowest BCUT2D eigenvalue weighted by atomic mass is 9.91. The molecule has 2 unspecified atom stereocenters. The summed E-state index contributed by atoms with van der Waals surface area (Å²) < 4.78 is 7.18. The molecule has 2 atom stereocenters. The Hall–Kier alpha value is -1.79. The van der Waals surface area contributed by atoms with E-state index in [2.05, 4.69) is 9.67 Å². The normalized spacial score (nSPS) is 21.2. The number of methoxy groups -OCH3 is 1. The van der Waals surface area contributed by atoms with Gasteiger partial charge in [0, 0.05) is 38.4 Å². The van der Waals surface area contributed by atoms with Gasteiger partial charge in [0.25, 0.3) is 0 Å². The van der Waals surface area contributed by atoms with Crippen LogP contribution in [0.15, 0.2) is 24.5 Å². The number of rotatable bonds is 5. The maximum Gasteiger partial charge on any atom is 0.153 e. The minimum absolute atomic E-state index is 0.231. The molecule has 0 aromatic carbocycles. The summed E-state index contributed by atoms with van der Waals surface area (Å²) in [5.74, 6) is 2.15. The molecule has 0 aliphatic carbocycles. The number of hydrogen-bond acceptors (Lipinski definition) is 5. The first kappa shape index (κ1) is 14.2. The van der Waals surface area contributed by atoms with E-state index in [0.29, 0.717) is 19.1 Å². The molecule has 0 bridgehead atoms. The molecule has 0 radical (unpaired) electrons. The summed E-state index contributed by atoms with van der Waals surface area (Å²) in [5, 5.41) is 4.69. The molecule has 0 saturated heterocycles. The van der Waals surface area contributed by atoms with Crippen molar-refractivity contribution in [2.24, 2.45) is 5.73 Å². The van der Waals surface area contributed by atoms with Crippen LogP contribution in [0.1, 0.15) is 42.0 Å². The molecule has 6 nitrogen and oxygen atoms in total. The van der Waals surface area contributed by atoms with Gasteiger partial charge in [0.1, 0.15) is 5.82 Å². The first-order chi connectivity index (χ1) is 10.3. The second-order valence-corrected chi connectivity index (χ2v) is 5.38. The average molecular weight is 287 g/mol. The van der Waals surface area contributed by atoms with E-state index in [-0.39, 0.29) is 6.04 Å². The van der Waals surface area contributed by atoms with E-state index in [1.54, 1.807) is 7.11 Å². The predicted octanol–water partition coefficient (Wildman–Crippen LogP) is 1.29. The molecule has 3 heterocycles. The Labute approximate surface area is 124 Å². The zero-order chi connectivity index (χ0) is 14.7. The highest BCUT2D eigenvalue weighted by Gasteiger charge is 2.30. The van der Waals surface area contributed by atoms with Crippen LogP contribution in [0, 0.1) is 0 Å². The molecule has 0 saturated carbocycles. The van der Waals surface area contributed by atoms with Gasteiger partial charge in [-0.15, -0.1) is 0 Å². The van der Waals surface area contributed by atoms with Gasteiger partial charge >= 0.3 is 0 Å². The fourth-order valence-corrected chi connectivity index (χ4v) is 2.92. The van der Waals surface area contributed by atoms with Gasteiger partial charge in [-0.1, -0.05) is 0 Å². The second kappa shape index (κ2) is 6.32.